The number of esters is 2. The van der Waals surface area contributed by atoms with Crippen molar-refractivity contribution in [3.05, 3.63) is 23.8 Å². The molecule has 0 spiro atoms. The zero-order valence-electron chi connectivity index (χ0n) is 19.5. The third-order valence-corrected chi connectivity index (χ3v) is 7.36. The number of fused-ring (bicyclic) bond motifs is 1. The predicted octanol–water partition coefficient (Wildman–Crippen LogP) is 3.70. The lowest BCUT2D eigenvalue weighted by Gasteiger charge is -2.45. The molecule has 1 unspecified atom stereocenters. The number of hydrogen-bond acceptors (Lipinski definition) is 6. The topological polar surface area (TPSA) is 93.1 Å². The van der Waals surface area contributed by atoms with Gasteiger partial charge in [0.25, 0.3) is 0 Å². The molecule has 31 heavy (non-hydrogen) atoms. The van der Waals surface area contributed by atoms with Crippen molar-refractivity contribution in [2.24, 2.45) is 23.2 Å². The Morgan fingerprint density at radius 2 is 2.06 bits per heavy atom. The van der Waals surface area contributed by atoms with Crippen molar-refractivity contribution in [1.29, 1.82) is 0 Å². The van der Waals surface area contributed by atoms with Crippen LogP contribution in [0.4, 0.5) is 0 Å². The summed E-state index contributed by atoms with van der Waals surface area (Å²) in [6.07, 6.45) is 7.77. The lowest BCUT2D eigenvalue weighted by Crippen LogP contribution is -2.47. The molecule has 0 aromatic rings. The first-order valence-electron chi connectivity index (χ1n) is 11.6. The van der Waals surface area contributed by atoms with E-state index >= 15 is 0 Å². The number of carbonyl (C=O) groups excluding carboxylic acids is 2. The lowest BCUT2D eigenvalue weighted by atomic mass is 9.64. The molecule has 174 valence electrons. The van der Waals surface area contributed by atoms with Crippen LogP contribution < -0.4 is 0 Å². The molecule has 0 radical (unpaired) electrons. The van der Waals surface area contributed by atoms with Crippen LogP contribution in [-0.4, -0.2) is 46.1 Å². The molecule has 3 rings (SSSR count). The highest BCUT2D eigenvalue weighted by molar-refractivity contribution is 5.76. The fourth-order valence-electron chi connectivity index (χ4n) is 5.09. The third kappa shape index (κ3) is 5.58. The van der Waals surface area contributed by atoms with Gasteiger partial charge in [0.2, 0.25) is 0 Å². The first-order chi connectivity index (χ1) is 14.4. The summed E-state index contributed by atoms with van der Waals surface area (Å²) in [7, 11) is 0. The molecule has 0 aromatic carbocycles. The van der Waals surface area contributed by atoms with Crippen LogP contribution in [0, 0.1) is 23.2 Å². The average molecular weight is 435 g/mol. The Morgan fingerprint density at radius 1 is 1.35 bits per heavy atom. The van der Waals surface area contributed by atoms with E-state index in [0.29, 0.717) is 25.7 Å². The summed E-state index contributed by atoms with van der Waals surface area (Å²) in [5, 5.41) is 20.7. The Kier molecular flexibility index (Phi) is 7.02. The molecular formula is C25H38O6. The van der Waals surface area contributed by atoms with E-state index < -0.39 is 23.2 Å². The average Bonchev–Trinajstić information content (AvgIpc) is 2.66. The van der Waals surface area contributed by atoms with E-state index in [0.717, 1.165) is 12.0 Å². The van der Waals surface area contributed by atoms with E-state index in [9.17, 15) is 19.8 Å². The molecule has 1 aliphatic heterocycles. The number of rotatable bonds is 6. The third-order valence-electron chi connectivity index (χ3n) is 7.36. The first-order valence-corrected chi connectivity index (χ1v) is 11.6. The van der Waals surface area contributed by atoms with Gasteiger partial charge in [-0.05, 0) is 63.5 Å². The van der Waals surface area contributed by atoms with Crippen molar-refractivity contribution in [2.75, 3.05) is 0 Å². The van der Waals surface area contributed by atoms with Gasteiger partial charge in [0.1, 0.15) is 12.2 Å². The van der Waals surface area contributed by atoms with Crippen LogP contribution in [0.25, 0.3) is 0 Å². The second-order valence-electron chi connectivity index (χ2n) is 10.6. The Hall–Kier alpha value is -1.66. The van der Waals surface area contributed by atoms with Gasteiger partial charge in [-0.1, -0.05) is 26.0 Å². The van der Waals surface area contributed by atoms with Crippen molar-refractivity contribution < 1.29 is 29.3 Å². The van der Waals surface area contributed by atoms with Crippen LogP contribution in [0.2, 0.25) is 0 Å². The molecular weight excluding hydrogens is 396 g/mol. The van der Waals surface area contributed by atoms with Gasteiger partial charge in [-0.2, -0.15) is 0 Å². The van der Waals surface area contributed by atoms with Crippen LogP contribution >= 0.6 is 0 Å². The normalized spacial score (nSPS) is 38.2. The van der Waals surface area contributed by atoms with E-state index in [-0.39, 0.29) is 42.2 Å². The minimum Gasteiger partial charge on any atom is -0.462 e. The fourth-order valence-corrected chi connectivity index (χ4v) is 5.09. The van der Waals surface area contributed by atoms with Gasteiger partial charge in [0.05, 0.1) is 23.5 Å². The number of hydrogen-bond donors (Lipinski definition) is 2. The number of allylic oxidation sites excluding steroid dienone is 2. The maximum absolute atomic E-state index is 12.9. The Morgan fingerprint density at radius 3 is 2.71 bits per heavy atom. The number of aliphatic hydroxyl groups excluding tert-OH is 1. The largest absolute Gasteiger partial charge is 0.462 e. The summed E-state index contributed by atoms with van der Waals surface area (Å²) in [5.41, 5.74) is -0.608. The smallest absolute Gasteiger partial charge is 0.311 e. The van der Waals surface area contributed by atoms with Gasteiger partial charge in [-0.15, -0.1) is 0 Å². The summed E-state index contributed by atoms with van der Waals surface area (Å²) < 4.78 is 11.5. The van der Waals surface area contributed by atoms with Crippen LogP contribution in [0.5, 0.6) is 0 Å². The molecule has 1 saturated heterocycles. The summed E-state index contributed by atoms with van der Waals surface area (Å²) in [6, 6.07) is 0. The van der Waals surface area contributed by atoms with Crippen molar-refractivity contribution in [3.8, 4) is 0 Å². The molecule has 0 aromatic heterocycles. The van der Waals surface area contributed by atoms with E-state index in [4.69, 9.17) is 9.47 Å². The van der Waals surface area contributed by atoms with Gasteiger partial charge in [0, 0.05) is 18.8 Å². The van der Waals surface area contributed by atoms with E-state index in [1.54, 1.807) is 6.92 Å². The van der Waals surface area contributed by atoms with Crippen LogP contribution in [-0.2, 0) is 19.1 Å². The number of cyclic esters (lactones) is 1. The molecule has 0 bridgehead atoms. The fraction of sp³-hybridized carbons (Fsp3) is 0.760. The Labute approximate surface area is 185 Å². The van der Waals surface area contributed by atoms with Gasteiger partial charge in [0.15, 0.2) is 0 Å². The van der Waals surface area contributed by atoms with Crippen LogP contribution in [0.1, 0.15) is 73.1 Å². The van der Waals surface area contributed by atoms with Gasteiger partial charge >= 0.3 is 11.9 Å². The Balaban J connectivity index is 1.81. The van der Waals surface area contributed by atoms with Gasteiger partial charge in [-0.25, -0.2) is 0 Å². The van der Waals surface area contributed by atoms with Crippen LogP contribution in [0.3, 0.4) is 0 Å². The summed E-state index contributed by atoms with van der Waals surface area (Å²) in [6.45, 7) is 9.65. The maximum Gasteiger partial charge on any atom is 0.311 e. The maximum atomic E-state index is 12.9. The van der Waals surface area contributed by atoms with E-state index in [1.807, 2.05) is 26.8 Å². The van der Waals surface area contributed by atoms with E-state index in [1.165, 1.54) is 0 Å². The zero-order valence-corrected chi connectivity index (χ0v) is 19.5. The molecule has 1 heterocycles. The standard InChI is InChI=1S/C25H38O6/c1-6-24(3,4)23(28)31-20-14-25(5,29)13-16-8-7-15(2)19(22(16)20)10-9-18-11-17(26)12-21(27)30-18/h7-8,13,15,17-20,22,26,29H,6,9-12,14H2,1-5H3/t15-,17+,18-,19?,20-,22-,25+/m1/s1. The highest BCUT2D eigenvalue weighted by Crippen LogP contribution is 2.46. The van der Waals surface area contributed by atoms with Crippen molar-refractivity contribution in [2.45, 2.75) is 97.1 Å². The van der Waals surface area contributed by atoms with Crippen molar-refractivity contribution in [1.82, 2.24) is 0 Å². The van der Waals surface area contributed by atoms with Gasteiger partial charge in [-0.3, -0.25) is 9.59 Å². The highest BCUT2D eigenvalue weighted by Gasteiger charge is 2.46. The first kappa shape index (κ1) is 24.0. The minimum absolute atomic E-state index is 0.0129. The molecule has 2 N–H and O–H groups in total. The molecule has 6 heteroatoms. The summed E-state index contributed by atoms with van der Waals surface area (Å²) >= 11 is 0. The van der Waals surface area contributed by atoms with Gasteiger partial charge < -0.3 is 19.7 Å². The zero-order chi connectivity index (χ0) is 23.0. The second-order valence-corrected chi connectivity index (χ2v) is 10.6. The highest BCUT2D eigenvalue weighted by atomic mass is 16.6. The predicted molar refractivity (Wildman–Crippen MR) is 117 cm³/mol. The van der Waals surface area contributed by atoms with E-state index in [2.05, 4.69) is 19.1 Å². The quantitative estimate of drug-likeness (QED) is 0.619. The molecule has 0 saturated carbocycles. The lowest BCUT2D eigenvalue weighted by molar-refractivity contribution is -0.168. The molecule has 1 fully saturated rings. The number of ether oxygens (including phenoxy) is 2. The monoisotopic (exact) mass is 434 g/mol. The van der Waals surface area contributed by atoms with Crippen molar-refractivity contribution >= 4 is 11.9 Å². The molecule has 0 amide bonds. The molecule has 7 atom stereocenters. The minimum atomic E-state index is -1.04. The number of carbonyl (C=O) groups is 2. The Bertz CT molecular complexity index is 749. The summed E-state index contributed by atoms with van der Waals surface area (Å²) in [5.74, 6) is -0.144. The second kappa shape index (κ2) is 9.07. The van der Waals surface area contributed by atoms with Crippen LogP contribution in [0.15, 0.2) is 23.8 Å². The summed E-state index contributed by atoms with van der Waals surface area (Å²) in [4.78, 5) is 24.6. The molecule has 3 aliphatic rings. The molecule has 6 nitrogen and oxygen atoms in total. The number of aliphatic hydroxyl groups is 2. The molecule has 2 aliphatic carbocycles. The SMILES string of the molecule is CCC(C)(C)C(=O)O[C@@H]1C[C@@](C)(O)C=C2C=C[C@@H](C)C(CC[C@@H]3C[C@H](O)CC(=O)O3)[C@@H]21. The van der Waals surface area contributed by atoms with Crippen molar-refractivity contribution in [3.63, 3.8) is 0 Å².